The predicted molar refractivity (Wildman–Crippen MR) is 93.2 cm³/mol. The summed E-state index contributed by atoms with van der Waals surface area (Å²) in [6.07, 6.45) is 5.64. The van der Waals surface area contributed by atoms with Gasteiger partial charge in [0.1, 0.15) is 0 Å². The first-order valence-electron chi connectivity index (χ1n) is 8.02. The zero-order chi connectivity index (χ0) is 16.8. The number of hydrogen-bond acceptors (Lipinski definition) is 3. The molecular weight excluding hydrogens is 314 g/mol. The average Bonchev–Trinajstić information content (AvgIpc) is 2.53. The second-order valence-electron chi connectivity index (χ2n) is 5.83. The molecule has 1 aromatic carbocycles. The Morgan fingerprint density at radius 2 is 2.26 bits per heavy atom. The van der Waals surface area contributed by atoms with Crippen LogP contribution in [0.25, 0.3) is 6.08 Å². The lowest BCUT2D eigenvalue weighted by atomic mass is 10.0. The van der Waals surface area contributed by atoms with Crippen LogP contribution in [-0.4, -0.2) is 37.6 Å². The van der Waals surface area contributed by atoms with E-state index in [9.17, 15) is 4.79 Å². The Labute approximate surface area is 143 Å². The van der Waals surface area contributed by atoms with Gasteiger partial charge in [0, 0.05) is 19.2 Å². The van der Waals surface area contributed by atoms with Gasteiger partial charge in [-0.1, -0.05) is 18.5 Å². The quantitative estimate of drug-likeness (QED) is 0.762. The van der Waals surface area contributed by atoms with Gasteiger partial charge in [-0.15, -0.1) is 0 Å². The Balaban J connectivity index is 2.13. The van der Waals surface area contributed by atoms with E-state index < -0.39 is 0 Å². The monoisotopic (exact) mass is 337 g/mol. The zero-order valence-electron chi connectivity index (χ0n) is 14.0. The van der Waals surface area contributed by atoms with Gasteiger partial charge in [0.2, 0.25) is 5.91 Å². The molecule has 2 rings (SSSR count). The lowest BCUT2D eigenvalue weighted by molar-refractivity contribution is -0.127. The van der Waals surface area contributed by atoms with Gasteiger partial charge in [-0.25, -0.2) is 0 Å². The van der Waals surface area contributed by atoms with Gasteiger partial charge in [-0.2, -0.15) is 0 Å². The summed E-state index contributed by atoms with van der Waals surface area (Å²) in [5, 5.41) is 0.470. The number of piperidine rings is 1. The maximum atomic E-state index is 12.3. The Hall–Kier alpha value is -1.68. The van der Waals surface area contributed by atoms with E-state index in [1.165, 1.54) is 6.42 Å². The molecular formula is C18H24ClNO3. The lowest BCUT2D eigenvalue weighted by Gasteiger charge is -2.30. The number of amides is 1. The highest BCUT2D eigenvalue weighted by molar-refractivity contribution is 6.32. The summed E-state index contributed by atoms with van der Waals surface area (Å²) < 4.78 is 10.8. The van der Waals surface area contributed by atoms with Gasteiger partial charge in [0.25, 0.3) is 0 Å². The fraction of sp³-hybridized carbons (Fsp3) is 0.500. The van der Waals surface area contributed by atoms with E-state index in [0.29, 0.717) is 29.0 Å². The highest BCUT2D eigenvalue weighted by atomic mass is 35.5. The maximum Gasteiger partial charge on any atom is 0.246 e. The summed E-state index contributed by atoms with van der Waals surface area (Å²) in [5.74, 6) is 1.71. The van der Waals surface area contributed by atoms with E-state index in [4.69, 9.17) is 21.1 Å². The number of methoxy groups -OCH3 is 1. The molecule has 1 saturated heterocycles. The fourth-order valence-electron chi connectivity index (χ4n) is 2.81. The Bertz CT molecular complexity index is 586. The number of halogens is 1. The first kappa shape index (κ1) is 17.7. The number of carbonyl (C=O) groups is 1. The van der Waals surface area contributed by atoms with E-state index in [1.807, 2.05) is 17.9 Å². The van der Waals surface area contributed by atoms with Crippen LogP contribution < -0.4 is 9.47 Å². The molecule has 0 radical (unpaired) electrons. The number of carbonyl (C=O) groups excluding carboxylic acids is 1. The van der Waals surface area contributed by atoms with Crippen LogP contribution in [-0.2, 0) is 4.79 Å². The summed E-state index contributed by atoms with van der Waals surface area (Å²) in [7, 11) is 1.56. The predicted octanol–water partition coefficient (Wildman–Crippen LogP) is 4.02. The molecule has 5 heteroatoms. The van der Waals surface area contributed by atoms with E-state index in [0.717, 1.165) is 25.1 Å². The molecule has 4 nitrogen and oxygen atoms in total. The van der Waals surface area contributed by atoms with Crippen LogP contribution in [0.4, 0.5) is 0 Å². The van der Waals surface area contributed by atoms with E-state index in [2.05, 4.69) is 6.92 Å². The molecule has 0 N–H and O–H groups in total. The number of hydrogen-bond donors (Lipinski definition) is 0. The van der Waals surface area contributed by atoms with Crippen molar-refractivity contribution in [2.45, 2.75) is 26.7 Å². The van der Waals surface area contributed by atoms with Crippen LogP contribution in [0.5, 0.6) is 11.5 Å². The highest BCUT2D eigenvalue weighted by Gasteiger charge is 2.19. The third-order valence-corrected chi connectivity index (χ3v) is 4.20. The maximum absolute atomic E-state index is 12.3. The van der Waals surface area contributed by atoms with Crippen molar-refractivity contribution in [3.8, 4) is 11.5 Å². The second kappa shape index (κ2) is 8.25. The molecule has 1 aliphatic heterocycles. The third-order valence-electron chi connectivity index (χ3n) is 3.92. The van der Waals surface area contributed by atoms with E-state index in [1.54, 1.807) is 25.3 Å². The Morgan fingerprint density at radius 1 is 1.48 bits per heavy atom. The molecule has 1 heterocycles. The molecule has 0 spiro atoms. The lowest BCUT2D eigenvalue weighted by Crippen LogP contribution is -2.38. The van der Waals surface area contributed by atoms with E-state index in [-0.39, 0.29) is 5.91 Å². The van der Waals surface area contributed by atoms with Crippen molar-refractivity contribution >= 4 is 23.6 Å². The van der Waals surface area contributed by atoms with Crippen molar-refractivity contribution in [1.29, 1.82) is 0 Å². The molecule has 1 aromatic rings. The van der Waals surface area contributed by atoms with Crippen LogP contribution in [0.2, 0.25) is 5.02 Å². The van der Waals surface area contributed by atoms with Crippen LogP contribution in [0.3, 0.4) is 0 Å². The van der Waals surface area contributed by atoms with Gasteiger partial charge in [0.05, 0.1) is 18.7 Å². The number of benzene rings is 1. The van der Waals surface area contributed by atoms with Gasteiger partial charge in [-0.05, 0) is 49.5 Å². The third kappa shape index (κ3) is 4.64. The molecule has 1 fully saturated rings. The first-order valence-corrected chi connectivity index (χ1v) is 8.40. The van der Waals surface area contributed by atoms with Crippen molar-refractivity contribution in [3.63, 3.8) is 0 Å². The molecule has 23 heavy (non-hydrogen) atoms. The number of nitrogens with zero attached hydrogens (tertiary/aromatic N) is 1. The summed E-state index contributed by atoms with van der Waals surface area (Å²) >= 11 is 6.22. The molecule has 1 unspecified atom stereocenters. The minimum Gasteiger partial charge on any atom is -0.491 e. The van der Waals surface area contributed by atoms with Crippen molar-refractivity contribution in [2.24, 2.45) is 5.92 Å². The largest absolute Gasteiger partial charge is 0.491 e. The number of likely N-dealkylation sites (tertiary alicyclic amines) is 1. The molecule has 1 aliphatic rings. The van der Waals surface area contributed by atoms with Crippen LogP contribution >= 0.6 is 11.6 Å². The van der Waals surface area contributed by atoms with Gasteiger partial charge in [-0.3, -0.25) is 4.79 Å². The van der Waals surface area contributed by atoms with Gasteiger partial charge >= 0.3 is 0 Å². The topological polar surface area (TPSA) is 38.8 Å². The number of ether oxygens (including phenoxy) is 2. The SMILES string of the molecule is CCOc1cc(/C=C/C(=O)N2CCCC(C)C2)cc(Cl)c1OC. The minimum atomic E-state index is 0.0430. The van der Waals surface area contributed by atoms with Crippen LogP contribution in [0, 0.1) is 5.92 Å². The van der Waals surface area contributed by atoms with Crippen molar-refractivity contribution in [3.05, 3.63) is 28.8 Å². The summed E-state index contributed by atoms with van der Waals surface area (Å²) in [4.78, 5) is 14.2. The Kier molecular flexibility index (Phi) is 6.34. The average molecular weight is 338 g/mol. The van der Waals surface area contributed by atoms with Crippen LogP contribution in [0.15, 0.2) is 18.2 Å². The zero-order valence-corrected chi connectivity index (χ0v) is 14.7. The fourth-order valence-corrected chi connectivity index (χ4v) is 3.10. The number of rotatable bonds is 5. The summed E-state index contributed by atoms with van der Waals surface area (Å²) in [6, 6.07) is 3.60. The van der Waals surface area contributed by atoms with Crippen molar-refractivity contribution in [1.82, 2.24) is 4.90 Å². The van der Waals surface area contributed by atoms with Crippen molar-refractivity contribution in [2.75, 3.05) is 26.8 Å². The minimum absolute atomic E-state index is 0.0430. The van der Waals surface area contributed by atoms with Gasteiger partial charge in [0.15, 0.2) is 11.5 Å². The molecule has 0 bridgehead atoms. The van der Waals surface area contributed by atoms with Crippen molar-refractivity contribution < 1.29 is 14.3 Å². The normalized spacial score (nSPS) is 18.3. The molecule has 0 saturated carbocycles. The summed E-state index contributed by atoms with van der Waals surface area (Å²) in [5.41, 5.74) is 0.817. The molecule has 0 aromatic heterocycles. The second-order valence-corrected chi connectivity index (χ2v) is 6.24. The first-order chi connectivity index (χ1) is 11.0. The molecule has 126 valence electrons. The van der Waals surface area contributed by atoms with E-state index >= 15 is 0 Å². The molecule has 1 atom stereocenters. The standard InChI is InChI=1S/C18H24ClNO3/c1-4-23-16-11-14(10-15(19)18(16)22-3)7-8-17(21)20-9-5-6-13(2)12-20/h7-8,10-11,13H,4-6,9,12H2,1-3H3/b8-7+. The smallest absolute Gasteiger partial charge is 0.246 e. The summed E-state index contributed by atoms with van der Waals surface area (Å²) in [6.45, 7) is 6.26. The Morgan fingerprint density at radius 3 is 2.91 bits per heavy atom. The molecule has 1 amide bonds. The highest BCUT2D eigenvalue weighted by Crippen LogP contribution is 2.36. The van der Waals surface area contributed by atoms with Gasteiger partial charge < -0.3 is 14.4 Å². The molecule has 0 aliphatic carbocycles. The van der Waals surface area contributed by atoms with Crippen LogP contribution in [0.1, 0.15) is 32.3 Å².